The number of rotatable bonds is 3. The summed E-state index contributed by atoms with van der Waals surface area (Å²) in [4.78, 5) is 14.3. The van der Waals surface area contributed by atoms with E-state index < -0.39 is 0 Å². The monoisotopic (exact) mass is 387 g/mol. The van der Waals surface area contributed by atoms with E-state index in [2.05, 4.69) is 29.2 Å². The molecule has 0 atom stereocenters. The van der Waals surface area contributed by atoms with E-state index in [1.807, 2.05) is 30.3 Å². The van der Waals surface area contributed by atoms with E-state index in [1.54, 1.807) is 11.0 Å². The number of hydrogen-bond donors (Lipinski definition) is 0. The van der Waals surface area contributed by atoms with Crippen LogP contribution < -0.4 is 0 Å². The number of thioether (sulfide) groups is 1. The Labute approximate surface area is 129 Å². The van der Waals surface area contributed by atoms with Crippen molar-refractivity contribution in [3.63, 3.8) is 0 Å². The molecule has 1 saturated heterocycles. The van der Waals surface area contributed by atoms with Crippen molar-refractivity contribution in [2.24, 2.45) is 0 Å². The molecule has 2 nitrogen and oxygen atoms in total. The zero-order valence-electron chi connectivity index (χ0n) is 9.43. The highest BCUT2D eigenvalue weighted by atomic mass is 127. The van der Waals surface area contributed by atoms with Crippen LogP contribution in [0.5, 0.6) is 0 Å². The summed E-state index contributed by atoms with van der Waals surface area (Å²) in [6, 6.07) is 7.99. The second-order valence-corrected chi connectivity index (χ2v) is 6.56. The molecule has 1 heterocycles. The SMILES string of the molecule is C=CCN1C(=O)/C(=C\c2cccc(I)c2)SC1=S. The zero-order valence-corrected chi connectivity index (χ0v) is 13.2. The molecule has 1 aromatic carbocycles. The number of hydrogen-bond acceptors (Lipinski definition) is 3. The zero-order chi connectivity index (χ0) is 13.1. The number of thiocarbonyl (C=S) groups is 1. The lowest BCUT2D eigenvalue weighted by molar-refractivity contribution is -0.121. The van der Waals surface area contributed by atoms with Gasteiger partial charge in [-0.1, -0.05) is 42.2 Å². The van der Waals surface area contributed by atoms with Crippen molar-refractivity contribution in [2.75, 3.05) is 6.54 Å². The molecule has 18 heavy (non-hydrogen) atoms. The van der Waals surface area contributed by atoms with Crippen LogP contribution in [0.4, 0.5) is 0 Å². The fourth-order valence-corrected chi connectivity index (χ4v) is 3.38. The highest BCUT2D eigenvalue weighted by molar-refractivity contribution is 14.1. The molecule has 0 radical (unpaired) electrons. The number of halogens is 1. The fourth-order valence-electron chi connectivity index (χ4n) is 1.53. The lowest BCUT2D eigenvalue weighted by atomic mass is 10.2. The molecule has 0 unspecified atom stereocenters. The Morgan fingerprint density at radius 1 is 1.50 bits per heavy atom. The predicted octanol–water partition coefficient (Wildman–Crippen LogP) is 3.68. The van der Waals surface area contributed by atoms with Crippen LogP contribution in [0.2, 0.25) is 0 Å². The average Bonchev–Trinajstić information content (AvgIpc) is 2.57. The third-order valence-electron chi connectivity index (χ3n) is 2.33. The first-order chi connectivity index (χ1) is 8.61. The van der Waals surface area contributed by atoms with E-state index in [0.717, 1.165) is 9.13 Å². The molecule has 1 aliphatic rings. The number of amides is 1. The largest absolute Gasteiger partial charge is 0.289 e. The summed E-state index contributed by atoms with van der Waals surface area (Å²) in [5.41, 5.74) is 1.01. The number of benzene rings is 1. The molecular formula is C13H10INOS2. The minimum atomic E-state index is -0.0382. The van der Waals surface area contributed by atoms with Crippen LogP contribution in [0.1, 0.15) is 5.56 Å². The maximum Gasteiger partial charge on any atom is 0.266 e. The molecule has 0 spiro atoms. The molecule has 1 amide bonds. The molecule has 0 aromatic heterocycles. The fraction of sp³-hybridized carbons (Fsp3) is 0.0769. The van der Waals surface area contributed by atoms with E-state index in [0.29, 0.717) is 15.8 Å². The molecule has 5 heteroatoms. The molecule has 0 aliphatic carbocycles. The molecule has 0 saturated carbocycles. The Morgan fingerprint density at radius 3 is 2.94 bits per heavy atom. The van der Waals surface area contributed by atoms with Gasteiger partial charge in [-0.3, -0.25) is 9.69 Å². The third-order valence-corrected chi connectivity index (χ3v) is 4.38. The van der Waals surface area contributed by atoms with Crippen LogP contribution in [0.3, 0.4) is 0 Å². The second kappa shape index (κ2) is 5.99. The summed E-state index contributed by atoms with van der Waals surface area (Å²) in [6.45, 7) is 4.10. The molecular weight excluding hydrogens is 377 g/mol. The van der Waals surface area contributed by atoms with Gasteiger partial charge in [-0.25, -0.2) is 0 Å². The van der Waals surface area contributed by atoms with Crippen molar-refractivity contribution < 1.29 is 4.79 Å². The van der Waals surface area contributed by atoms with Crippen LogP contribution in [-0.4, -0.2) is 21.7 Å². The average molecular weight is 387 g/mol. The normalized spacial score (nSPS) is 17.6. The summed E-state index contributed by atoms with van der Waals surface area (Å²) in [5.74, 6) is -0.0382. The lowest BCUT2D eigenvalue weighted by Gasteiger charge is -2.10. The van der Waals surface area contributed by atoms with Crippen LogP contribution >= 0.6 is 46.6 Å². The quantitative estimate of drug-likeness (QED) is 0.342. The van der Waals surface area contributed by atoms with Crippen molar-refractivity contribution in [2.45, 2.75) is 0 Å². The maximum atomic E-state index is 12.1. The van der Waals surface area contributed by atoms with Gasteiger partial charge in [0.25, 0.3) is 5.91 Å². The Balaban J connectivity index is 2.27. The smallest absolute Gasteiger partial charge is 0.266 e. The summed E-state index contributed by atoms with van der Waals surface area (Å²) in [5, 5.41) is 0. The van der Waals surface area contributed by atoms with Gasteiger partial charge in [0.2, 0.25) is 0 Å². The van der Waals surface area contributed by atoms with Crippen molar-refractivity contribution in [3.8, 4) is 0 Å². The predicted molar refractivity (Wildman–Crippen MR) is 89.2 cm³/mol. The van der Waals surface area contributed by atoms with Crippen LogP contribution in [-0.2, 0) is 4.79 Å². The van der Waals surface area contributed by atoms with Crippen LogP contribution in [0.25, 0.3) is 6.08 Å². The van der Waals surface area contributed by atoms with Gasteiger partial charge in [0.1, 0.15) is 4.32 Å². The first-order valence-electron chi connectivity index (χ1n) is 5.23. The van der Waals surface area contributed by atoms with E-state index in [4.69, 9.17) is 12.2 Å². The van der Waals surface area contributed by atoms with Gasteiger partial charge in [0.15, 0.2) is 0 Å². The minimum Gasteiger partial charge on any atom is -0.289 e. The van der Waals surface area contributed by atoms with Crippen molar-refractivity contribution >= 4 is 62.9 Å². The Morgan fingerprint density at radius 2 is 2.28 bits per heavy atom. The van der Waals surface area contributed by atoms with Crippen LogP contribution in [0.15, 0.2) is 41.8 Å². The van der Waals surface area contributed by atoms with E-state index >= 15 is 0 Å². The molecule has 0 bridgehead atoms. The van der Waals surface area contributed by atoms with Gasteiger partial charge in [-0.05, 0) is 46.4 Å². The highest BCUT2D eigenvalue weighted by Crippen LogP contribution is 2.32. The van der Waals surface area contributed by atoms with Gasteiger partial charge in [0.05, 0.1) is 4.91 Å². The lowest BCUT2D eigenvalue weighted by Crippen LogP contribution is -2.27. The molecule has 2 rings (SSSR count). The van der Waals surface area contributed by atoms with Gasteiger partial charge in [0, 0.05) is 10.1 Å². The Bertz CT molecular complexity index is 554. The van der Waals surface area contributed by atoms with Gasteiger partial charge >= 0.3 is 0 Å². The Kier molecular flexibility index (Phi) is 4.58. The summed E-state index contributed by atoms with van der Waals surface area (Å²) < 4.78 is 1.74. The van der Waals surface area contributed by atoms with Crippen LogP contribution in [0, 0.1) is 3.57 Å². The number of carbonyl (C=O) groups excluding carboxylic acids is 1. The van der Waals surface area contributed by atoms with Crippen molar-refractivity contribution in [3.05, 3.63) is 51.0 Å². The summed E-state index contributed by atoms with van der Waals surface area (Å²) in [7, 11) is 0. The topological polar surface area (TPSA) is 20.3 Å². The molecule has 0 N–H and O–H groups in total. The van der Waals surface area contributed by atoms with E-state index in [1.165, 1.54) is 11.8 Å². The van der Waals surface area contributed by atoms with Gasteiger partial charge < -0.3 is 0 Å². The minimum absolute atomic E-state index is 0.0382. The first-order valence-corrected chi connectivity index (χ1v) is 7.54. The molecule has 1 aromatic rings. The third kappa shape index (κ3) is 3.02. The number of carbonyl (C=O) groups is 1. The Hall–Kier alpha value is -0.660. The van der Waals surface area contributed by atoms with Gasteiger partial charge in [-0.15, -0.1) is 6.58 Å². The highest BCUT2D eigenvalue weighted by Gasteiger charge is 2.30. The molecule has 92 valence electrons. The molecule has 1 fully saturated rings. The maximum absolute atomic E-state index is 12.1. The summed E-state index contributed by atoms with van der Waals surface area (Å²) >= 11 is 8.77. The van der Waals surface area contributed by atoms with Crippen molar-refractivity contribution in [1.82, 2.24) is 4.90 Å². The van der Waals surface area contributed by atoms with Crippen molar-refractivity contribution in [1.29, 1.82) is 0 Å². The standard InChI is InChI=1S/C13H10INOS2/c1-2-6-15-12(16)11(18-13(15)17)8-9-4-3-5-10(14)7-9/h2-5,7-8H,1,6H2/b11-8+. The summed E-state index contributed by atoms with van der Waals surface area (Å²) in [6.07, 6.45) is 3.56. The first kappa shape index (κ1) is 13.8. The van der Waals surface area contributed by atoms with E-state index in [9.17, 15) is 4.79 Å². The molecule has 1 aliphatic heterocycles. The second-order valence-electron chi connectivity index (χ2n) is 3.64. The van der Waals surface area contributed by atoms with E-state index in [-0.39, 0.29) is 5.91 Å². The van der Waals surface area contributed by atoms with Gasteiger partial charge in [-0.2, -0.15) is 0 Å². The number of nitrogens with zero attached hydrogens (tertiary/aromatic N) is 1.